The summed E-state index contributed by atoms with van der Waals surface area (Å²) in [6.45, 7) is 1.40. The lowest BCUT2D eigenvalue weighted by Gasteiger charge is -2.17. The molecule has 1 saturated heterocycles. The van der Waals surface area contributed by atoms with Crippen molar-refractivity contribution in [2.45, 2.75) is 24.3 Å². The average molecular weight is 423 g/mol. The van der Waals surface area contributed by atoms with Crippen LogP contribution in [0, 0.1) is 0 Å². The molecule has 2 aliphatic rings. The van der Waals surface area contributed by atoms with Crippen molar-refractivity contribution in [2.24, 2.45) is 0 Å². The molecule has 0 aliphatic carbocycles. The van der Waals surface area contributed by atoms with E-state index in [-0.39, 0.29) is 34.7 Å². The Morgan fingerprint density at radius 3 is 2.61 bits per heavy atom. The van der Waals surface area contributed by atoms with E-state index in [4.69, 9.17) is 21.1 Å². The Morgan fingerprint density at radius 2 is 1.82 bits per heavy atom. The van der Waals surface area contributed by atoms with E-state index in [1.807, 2.05) is 6.07 Å². The molecule has 1 fully saturated rings. The SMILES string of the molecule is O=C(NCc1ccc2c(c1)OCO2)c1ccc(Cl)c(S(=O)(=O)N2CCCC2)c1. The van der Waals surface area contributed by atoms with Crippen LogP contribution >= 0.6 is 11.6 Å². The molecule has 0 radical (unpaired) electrons. The number of hydrogen-bond acceptors (Lipinski definition) is 5. The number of sulfonamides is 1. The second-order valence-corrected chi connectivity index (χ2v) is 8.94. The molecule has 7 nitrogen and oxygen atoms in total. The molecule has 9 heteroatoms. The van der Waals surface area contributed by atoms with Crippen molar-refractivity contribution >= 4 is 27.5 Å². The Hall–Kier alpha value is -2.29. The van der Waals surface area contributed by atoms with Crippen molar-refractivity contribution in [3.05, 3.63) is 52.5 Å². The van der Waals surface area contributed by atoms with Crippen LogP contribution in [0.5, 0.6) is 11.5 Å². The molecule has 0 aromatic heterocycles. The molecule has 2 aromatic carbocycles. The monoisotopic (exact) mass is 422 g/mol. The highest BCUT2D eigenvalue weighted by atomic mass is 35.5. The van der Waals surface area contributed by atoms with E-state index in [0.29, 0.717) is 24.6 Å². The maximum atomic E-state index is 12.8. The van der Waals surface area contributed by atoms with Crippen molar-refractivity contribution in [1.29, 1.82) is 0 Å². The standard InChI is InChI=1S/C19H19ClN2O5S/c20-15-5-4-14(10-18(15)28(24,25)22-7-1-2-8-22)19(23)21-11-13-3-6-16-17(9-13)27-12-26-16/h3-6,9-10H,1-2,7-8,11-12H2,(H,21,23). The molecule has 28 heavy (non-hydrogen) atoms. The highest BCUT2D eigenvalue weighted by Crippen LogP contribution is 2.32. The quantitative estimate of drug-likeness (QED) is 0.800. The van der Waals surface area contributed by atoms with Gasteiger partial charge in [-0.05, 0) is 48.7 Å². The average Bonchev–Trinajstić information content (AvgIpc) is 3.37. The highest BCUT2D eigenvalue weighted by Gasteiger charge is 2.29. The largest absolute Gasteiger partial charge is 0.454 e. The molecule has 1 amide bonds. The first-order chi connectivity index (χ1) is 13.4. The minimum Gasteiger partial charge on any atom is -0.454 e. The van der Waals surface area contributed by atoms with E-state index in [2.05, 4.69) is 5.32 Å². The molecule has 2 heterocycles. The van der Waals surface area contributed by atoms with Crippen molar-refractivity contribution in [1.82, 2.24) is 9.62 Å². The van der Waals surface area contributed by atoms with Crippen LogP contribution in [-0.2, 0) is 16.6 Å². The van der Waals surface area contributed by atoms with E-state index >= 15 is 0 Å². The summed E-state index contributed by atoms with van der Waals surface area (Å²) in [6.07, 6.45) is 1.65. The van der Waals surface area contributed by atoms with Crippen molar-refractivity contribution < 1.29 is 22.7 Å². The Morgan fingerprint density at radius 1 is 1.07 bits per heavy atom. The smallest absolute Gasteiger partial charge is 0.251 e. The first-order valence-corrected chi connectivity index (χ1v) is 10.7. The first kappa shape index (κ1) is 19.0. The predicted molar refractivity (Wildman–Crippen MR) is 103 cm³/mol. The van der Waals surface area contributed by atoms with Gasteiger partial charge in [0.25, 0.3) is 5.91 Å². The van der Waals surface area contributed by atoms with Gasteiger partial charge in [-0.15, -0.1) is 0 Å². The number of halogens is 1. The number of ether oxygens (including phenoxy) is 2. The Bertz CT molecular complexity index is 1020. The lowest BCUT2D eigenvalue weighted by Crippen LogP contribution is -2.29. The van der Waals surface area contributed by atoms with Gasteiger partial charge in [-0.1, -0.05) is 17.7 Å². The number of benzene rings is 2. The third-order valence-electron chi connectivity index (χ3n) is 4.77. The summed E-state index contributed by atoms with van der Waals surface area (Å²) in [6, 6.07) is 9.71. The van der Waals surface area contributed by atoms with Crippen LogP contribution in [0.3, 0.4) is 0 Å². The molecule has 2 aromatic rings. The topological polar surface area (TPSA) is 84.9 Å². The molecule has 1 N–H and O–H groups in total. The molecule has 0 spiro atoms. The van der Waals surface area contributed by atoms with Gasteiger partial charge in [0.15, 0.2) is 11.5 Å². The minimum absolute atomic E-state index is 0.0354. The number of carbonyl (C=O) groups excluding carboxylic acids is 1. The van der Waals surface area contributed by atoms with Crippen LogP contribution in [0.25, 0.3) is 0 Å². The zero-order valence-corrected chi connectivity index (χ0v) is 16.6. The number of amides is 1. The van der Waals surface area contributed by atoms with E-state index < -0.39 is 10.0 Å². The van der Waals surface area contributed by atoms with Crippen LogP contribution in [-0.4, -0.2) is 38.5 Å². The van der Waals surface area contributed by atoms with Crippen LogP contribution in [0.1, 0.15) is 28.8 Å². The summed E-state index contributed by atoms with van der Waals surface area (Å²) in [5, 5.41) is 2.90. The summed E-state index contributed by atoms with van der Waals surface area (Å²) in [4.78, 5) is 12.5. The fourth-order valence-corrected chi connectivity index (χ4v) is 5.26. The molecular weight excluding hydrogens is 404 g/mol. The number of nitrogens with one attached hydrogen (secondary N) is 1. The van der Waals surface area contributed by atoms with E-state index in [9.17, 15) is 13.2 Å². The van der Waals surface area contributed by atoms with E-state index in [0.717, 1.165) is 18.4 Å². The Kier molecular flexibility index (Phi) is 5.18. The first-order valence-electron chi connectivity index (χ1n) is 8.91. The van der Waals surface area contributed by atoms with Gasteiger partial charge in [0.1, 0.15) is 4.90 Å². The van der Waals surface area contributed by atoms with Crippen molar-refractivity contribution in [3.8, 4) is 11.5 Å². The molecular formula is C19H19ClN2O5S. The van der Waals surface area contributed by atoms with Gasteiger partial charge in [-0.2, -0.15) is 4.31 Å². The maximum absolute atomic E-state index is 12.8. The van der Waals surface area contributed by atoms with Crippen molar-refractivity contribution in [3.63, 3.8) is 0 Å². The fraction of sp³-hybridized carbons (Fsp3) is 0.316. The molecule has 0 atom stereocenters. The normalized spacial score (nSPS) is 16.3. The number of carbonyl (C=O) groups is 1. The second kappa shape index (κ2) is 7.62. The summed E-state index contributed by atoms with van der Waals surface area (Å²) in [5.41, 5.74) is 1.08. The van der Waals surface area contributed by atoms with Crippen LogP contribution in [0.2, 0.25) is 5.02 Å². The van der Waals surface area contributed by atoms with E-state index in [1.165, 1.54) is 22.5 Å². The minimum atomic E-state index is -3.71. The van der Waals surface area contributed by atoms with Gasteiger partial charge in [0, 0.05) is 25.2 Å². The molecule has 148 valence electrons. The lowest BCUT2D eigenvalue weighted by molar-refractivity contribution is 0.0950. The van der Waals surface area contributed by atoms with Crippen molar-refractivity contribution in [2.75, 3.05) is 19.9 Å². The Balaban J connectivity index is 1.50. The summed E-state index contributed by atoms with van der Waals surface area (Å²) in [5.74, 6) is 0.925. The van der Waals surface area contributed by atoms with Gasteiger partial charge in [0.05, 0.1) is 5.02 Å². The number of fused-ring (bicyclic) bond motifs is 1. The molecule has 0 bridgehead atoms. The van der Waals surface area contributed by atoms with Crippen LogP contribution in [0.15, 0.2) is 41.3 Å². The zero-order chi connectivity index (χ0) is 19.7. The summed E-state index contributed by atoms with van der Waals surface area (Å²) >= 11 is 6.13. The van der Waals surface area contributed by atoms with Crippen LogP contribution < -0.4 is 14.8 Å². The lowest BCUT2D eigenvalue weighted by atomic mass is 10.1. The fourth-order valence-electron chi connectivity index (χ4n) is 3.25. The number of hydrogen-bond donors (Lipinski definition) is 1. The molecule has 0 unspecified atom stereocenters. The Labute approximate surface area is 168 Å². The summed E-state index contributed by atoms with van der Waals surface area (Å²) in [7, 11) is -3.71. The molecule has 2 aliphatic heterocycles. The van der Waals surface area contributed by atoms with Gasteiger partial charge in [0.2, 0.25) is 16.8 Å². The zero-order valence-electron chi connectivity index (χ0n) is 15.0. The highest BCUT2D eigenvalue weighted by molar-refractivity contribution is 7.89. The number of nitrogens with zero attached hydrogens (tertiary/aromatic N) is 1. The van der Waals surface area contributed by atoms with Gasteiger partial charge < -0.3 is 14.8 Å². The third kappa shape index (κ3) is 3.67. The van der Waals surface area contributed by atoms with Gasteiger partial charge in [-0.25, -0.2) is 8.42 Å². The third-order valence-corrected chi connectivity index (χ3v) is 7.15. The van der Waals surface area contributed by atoms with E-state index in [1.54, 1.807) is 12.1 Å². The maximum Gasteiger partial charge on any atom is 0.251 e. The number of rotatable bonds is 5. The predicted octanol–water partition coefficient (Wildman–Crippen LogP) is 2.78. The van der Waals surface area contributed by atoms with Gasteiger partial charge >= 0.3 is 0 Å². The molecule has 4 rings (SSSR count). The van der Waals surface area contributed by atoms with Crippen LogP contribution in [0.4, 0.5) is 0 Å². The van der Waals surface area contributed by atoms with Gasteiger partial charge in [-0.3, -0.25) is 4.79 Å². The molecule has 0 saturated carbocycles. The second-order valence-electron chi connectivity index (χ2n) is 6.63. The summed E-state index contributed by atoms with van der Waals surface area (Å²) < 4.78 is 37.6.